The Labute approximate surface area is 144 Å². The molecule has 2 aromatic carbocycles. The summed E-state index contributed by atoms with van der Waals surface area (Å²) in [6.07, 6.45) is 0. The predicted molar refractivity (Wildman–Crippen MR) is 80.9 cm³/mol. The standard InChI is InChI=1S/C17H8N2O7/c20-13(7-1-3-9-11(5-7)16(23)18(25)14(9)21)8-2-4-10-12(6-8)17(24)19(26)15(10)22/h1-6,25-26H. The minimum Gasteiger partial charge on any atom is -0.289 e. The molecule has 0 radical (unpaired) electrons. The number of nitrogens with zero attached hydrogens (tertiary/aromatic N) is 2. The van der Waals surface area contributed by atoms with Gasteiger partial charge in [-0.3, -0.25) is 34.4 Å². The molecule has 2 aromatic rings. The van der Waals surface area contributed by atoms with Crippen LogP contribution in [0, 0.1) is 0 Å². The zero-order valence-corrected chi connectivity index (χ0v) is 12.8. The summed E-state index contributed by atoms with van der Waals surface area (Å²) in [4.78, 5) is 59.6. The number of imide groups is 2. The minimum absolute atomic E-state index is 0.0281. The molecule has 0 bridgehead atoms. The van der Waals surface area contributed by atoms with E-state index in [0.717, 1.165) is 0 Å². The number of carbonyl (C=O) groups excluding carboxylic acids is 5. The normalized spacial score (nSPS) is 15.6. The van der Waals surface area contributed by atoms with Gasteiger partial charge in [-0.1, -0.05) is 12.1 Å². The van der Waals surface area contributed by atoms with Crippen molar-refractivity contribution in [1.82, 2.24) is 10.1 Å². The van der Waals surface area contributed by atoms with Gasteiger partial charge in [-0.15, -0.1) is 10.1 Å². The number of benzene rings is 2. The van der Waals surface area contributed by atoms with Crippen molar-refractivity contribution >= 4 is 29.4 Å². The van der Waals surface area contributed by atoms with Crippen molar-refractivity contribution in [3.8, 4) is 0 Å². The Bertz CT molecular complexity index is 989. The van der Waals surface area contributed by atoms with E-state index in [1.165, 1.54) is 36.4 Å². The van der Waals surface area contributed by atoms with E-state index >= 15 is 0 Å². The molecule has 9 heteroatoms. The Hall–Kier alpha value is -3.69. The molecule has 4 amide bonds. The molecule has 2 heterocycles. The number of ketones is 1. The van der Waals surface area contributed by atoms with Crippen molar-refractivity contribution in [3.05, 3.63) is 69.8 Å². The second-order valence-electron chi connectivity index (χ2n) is 5.69. The number of hydroxylamine groups is 4. The molecule has 0 saturated heterocycles. The van der Waals surface area contributed by atoms with E-state index in [1.54, 1.807) is 0 Å². The van der Waals surface area contributed by atoms with Crippen LogP contribution in [0.3, 0.4) is 0 Å². The van der Waals surface area contributed by atoms with Gasteiger partial charge < -0.3 is 0 Å². The summed E-state index contributed by atoms with van der Waals surface area (Å²) < 4.78 is 0. The first-order valence-electron chi connectivity index (χ1n) is 7.29. The smallest absolute Gasteiger partial charge is 0.285 e. The van der Waals surface area contributed by atoms with Gasteiger partial charge >= 0.3 is 0 Å². The maximum atomic E-state index is 12.6. The highest BCUT2D eigenvalue weighted by Gasteiger charge is 2.37. The Morgan fingerprint density at radius 2 is 0.962 bits per heavy atom. The SMILES string of the molecule is O=C(c1ccc2c(c1)C(=O)N(O)C2=O)c1ccc2c(c1)C(=O)N(O)C2=O. The van der Waals surface area contributed by atoms with E-state index in [2.05, 4.69) is 0 Å². The summed E-state index contributed by atoms with van der Waals surface area (Å²) in [5.74, 6) is -4.21. The van der Waals surface area contributed by atoms with E-state index < -0.39 is 29.4 Å². The number of amides is 4. The fourth-order valence-corrected chi connectivity index (χ4v) is 2.91. The highest BCUT2D eigenvalue weighted by atomic mass is 16.5. The van der Waals surface area contributed by atoms with E-state index in [0.29, 0.717) is 0 Å². The number of hydrogen-bond donors (Lipinski definition) is 2. The van der Waals surface area contributed by atoms with Gasteiger partial charge in [0.1, 0.15) is 0 Å². The maximum absolute atomic E-state index is 12.6. The van der Waals surface area contributed by atoms with Gasteiger partial charge in [0, 0.05) is 11.1 Å². The zero-order valence-electron chi connectivity index (χ0n) is 12.8. The van der Waals surface area contributed by atoms with Gasteiger partial charge in [-0.2, -0.15) is 0 Å². The van der Waals surface area contributed by atoms with Gasteiger partial charge in [0.25, 0.3) is 23.6 Å². The fraction of sp³-hybridized carbons (Fsp3) is 0. The first-order chi connectivity index (χ1) is 12.3. The zero-order chi connectivity index (χ0) is 18.7. The van der Waals surface area contributed by atoms with Crippen LogP contribution in [0.1, 0.15) is 57.4 Å². The van der Waals surface area contributed by atoms with Gasteiger partial charge in [-0.05, 0) is 24.3 Å². The van der Waals surface area contributed by atoms with Crippen molar-refractivity contribution in [2.45, 2.75) is 0 Å². The lowest BCUT2D eigenvalue weighted by atomic mass is 9.96. The summed E-state index contributed by atoms with van der Waals surface area (Å²) in [5.41, 5.74) is -0.176. The third-order valence-electron chi connectivity index (χ3n) is 4.25. The Morgan fingerprint density at radius 1 is 0.615 bits per heavy atom. The number of carbonyl (C=O) groups is 5. The van der Waals surface area contributed by atoms with Crippen molar-refractivity contribution < 1.29 is 34.4 Å². The van der Waals surface area contributed by atoms with Gasteiger partial charge in [0.15, 0.2) is 5.78 Å². The molecule has 0 fully saturated rings. The van der Waals surface area contributed by atoms with E-state index in [-0.39, 0.29) is 43.5 Å². The van der Waals surface area contributed by atoms with Crippen LogP contribution in [0.25, 0.3) is 0 Å². The molecule has 128 valence electrons. The molecule has 2 aliphatic rings. The van der Waals surface area contributed by atoms with Crippen LogP contribution in [0.15, 0.2) is 36.4 Å². The lowest BCUT2D eigenvalue weighted by Gasteiger charge is -2.04. The second kappa shape index (κ2) is 5.15. The molecule has 0 spiro atoms. The Morgan fingerprint density at radius 3 is 1.35 bits per heavy atom. The third kappa shape index (κ3) is 1.95. The van der Waals surface area contributed by atoms with Crippen LogP contribution in [0.4, 0.5) is 0 Å². The summed E-state index contributed by atoms with van der Waals surface area (Å²) in [7, 11) is 0. The molecule has 0 aromatic heterocycles. The van der Waals surface area contributed by atoms with Crippen molar-refractivity contribution in [3.63, 3.8) is 0 Å². The van der Waals surface area contributed by atoms with E-state index in [1.807, 2.05) is 0 Å². The Kier molecular flexibility index (Phi) is 3.13. The lowest BCUT2D eigenvalue weighted by molar-refractivity contribution is -0.0330. The molecule has 0 aliphatic carbocycles. The van der Waals surface area contributed by atoms with Crippen LogP contribution in [-0.2, 0) is 0 Å². The molecule has 9 nitrogen and oxygen atoms in total. The topological polar surface area (TPSA) is 132 Å². The molecular weight excluding hydrogens is 344 g/mol. The van der Waals surface area contributed by atoms with Crippen LogP contribution in [0.5, 0.6) is 0 Å². The van der Waals surface area contributed by atoms with Crippen LogP contribution >= 0.6 is 0 Å². The van der Waals surface area contributed by atoms with Gasteiger partial charge in [-0.25, -0.2) is 0 Å². The highest BCUT2D eigenvalue weighted by Crippen LogP contribution is 2.26. The fourth-order valence-electron chi connectivity index (χ4n) is 2.91. The predicted octanol–water partition coefficient (Wildman–Crippen LogP) is 0.888. The van der Waals surface area contributed by atoms with Crippen LogP contribution < -0.4 is 0 Å². The Balaban J connectivity index is 1.75. The van der Waals surface area contributed by atoms with E-state index in [9.17, 15) is 34.4 Å². The molecule has 2 N–H and O–H groups in total. The van der Waals surface area contributed by atoms with Gasteiger partial charge in [0.05, 0.1) is 22.3 Å². The number of fused-ring (bicyclic) bond motifs is 2. The van der Waals surface area contributed by atoms with Crippen molar-refractivity contribution in [2.75, 3.05) is 0 Å². The quantitative estimate of drug-likeness (QED) is 0.466. The molecule has 0 saturated carbocycles. The van der Waals surface area contributed by atoms with Gasteiger partial charge in [0.2, 0.25) is 0 Å². The first-order valence-corrected chi connectivity index (χ1v) is 7.29. The van der Waals surface area contributed by atoms with Crippen molar-refractivity contribution in [2.24, 2.45) is 0 Å². The molecule has 2 aliphatic heterocycles. The molecular formula is C17H8N2O7. The number of rotatable bonds is 2. The molecule has 0 atom stereocenters. The molecule has 0 unspecified atom stereocenters. The lowest BCUT2D eigenvalue weighted by Crippen LogP contribution is -2.25. The summed E-state index contributed by atoms with van der Waals surface area (Å²) in [5, 5.41) is 18.7. The third-order valence-corrected chi connectivity index (χ3v) is 4.25. The van der Waals surface area contributed by atoms with E-state index in [4.69, 9.17) is 0 Å². The first kappa shape index (κ1) is 15.8. The highest BCUT2D eigenvalue weighted by molar-refractivity contribution is 6.23. The summed E-state index contributed by atoms with van der Waals surface area (Å²) in [6, 6.07) is 7.46. The average Bonchev–Trinajstić information content (AvgIpc) is 3.01. The van der Waals surface area contributed by atoms with Crippen molar-refractivity contribution in [1.29, 1.82) is 0 Å². The molecule has 4 rings (SSSR count). The van der Waals surface area contributed by atoms with Crippen LogP contribution in [0.2, 0.25) is 0 Å². The maximum Gasteiger partial charge on any atom is 0.285 e. The number of hydrogen-bond acceptors (Lipinski definition) is 7. The molecule has 26 heavy (non-hydrogen) atoms. The monoisotopic (exact) mass is 352 g/mol. The van der Waals surface area contributed by atoms with Crippen LogP contribution in [-0.4, -0.2) is 50.0 Å². The summed E-state index contributed by atoms with van der Waals surface area (Å²) in [6.45, 7) is 0. The minimum atomic E-state index is -0.940. The second-order valence-corrected chi connectivity index (χ2v) is 5.69. The average molecular weight is 352 g/mol. The largest absolute Gasteiger partial charge is 0.289 e. The summed E-state index contributed by atoms with van der Waals surface area (Å²) >= 11 is 0.